The van der Waals surface area contributed by atoms with E-state index in [4.69, 9.17) is 22.1 Å². The van der Waals surface area contributed by atoms with Gasteiger partial charge in [-0.05, 0) is 48.0 Å². The first-order valence-corrected chi connectivity index (χ1v) is 6.53. The summed E-state index contributed by atoms with van der Waals surface area (Å²) in [7, 11) is 1.56. The van der Waals surface area contributed by atoms with Crippen LogP contribution in [0.5, 0.6) is 5.75 Å². The predicted molar refractivity (Wildman–Crippen MR) is 80.0 cm³/mol. The van der Waals surface area contributed by atoms with E-state index in [-0.39, 0.29) is 5.02 Å². The summed E-state index contributed by atoms with van der Waals surface area (Å²) in [5.74, 6) is -0.474. The number of anilines is 1. The highest BCUT2D eigenvalue weighted by atomic mass is 35.5. The van der Waals surface area contributed by atoms with Gasteiger partial charge in [0.25, 0.3) is 0 Å². The van der Waals surface area contributed by atoms with E-state index in [1.165, 1.54) is 12.1 Å². The Hall–Kier alpha value is -2.27. The molecule has 0 aromatic heterocycles. The highest BCUT2D eigenvalue weighted by Gasteiger charge is 2.19. The first-order chi connectivity index (χ1) is 9.99. The fraction of sp³-hybridized carbons (Fsp3) is 0.133. The zero-order valence-corrected chi connectivity index (χ0v) is 12.0. The van der Waals surface area contributed by atoms with Crippen molar-refractivity contribution in [2.75, 3.05) is 12.4 Å². The molecule has 1 amide bonds. The molecule has 0 spiro atoms. The molecular weight excluding hydrogens is 295 g/mol. The van der Waals surface area contributed by atoms with E-state index in [0.29, 0.717) is 17.0 Å². The Morgan fingerprint density at radius 2 is 1.95 bits per heavy atom. The zero-order valence-electron chi connectivity index (χ0n) is 11.3. The Morgan fingerprint density at radius 1 is 1.29 bits per heavy atom. The van der Waals surface area contributed by atoms with E-state index >= 15 is 0 Å². The maximum atomic E-state index is 13.4. The third-order valence-corrected chi connectivity index (χ3v) is 3.12. The monoisotopic (exact) mass is 308 g/mol. The number of nitrogens with one attached hydrogen (secondary N) is 1. The van der Waals surface area contributed by atoms with Crippen LogP contribution in [-0.2, 0) is 4.79 Å². The molecule has 0 fully saturated rings. The minimum absolute atomic E-state index is 0.202. The zero-order chi connectivity index (χ0) is 15.4. The van der Waals surface area contributed by atoms with Gasteiger partial charge in [0.2, 0.25) is 5.91 Å². The van der Waals surface area contributed by atoms with Crippen LogP contribution in [0.25, 0.3) is 0 Å². The topological polar surface area (TPSA) is 64.3 Å². The van der Waals surface area contributed by atoms with Gasteiger partial charge < -0.3 is 15.8 Å². The second-order valence-corrected chi connectivity index (χ2v) is 4.85. The second-order valence-electron chi connectivity index (χ2n) is 4.41. The molecule has 0 saturated heterocycles. The normalized spacial score (nSPS) is 11.8. The first kappa shape index (κ1) is 15.1. The van der Waals surface area contributed by atoms with Gasteiger partial charge in [0.1, 0.15) is 17.6 Å². The van der Waals surface area contributed by atoms with Gasteiger partial charge in [0, 0.05) is 10.7 Å². The van der Waals surface area contributed by atoms with E-state index in [0.717, 1.165) is 6.07 Å². The molecule has 2 rings (SSSR count). The van der Waals surface area contributed by atoms with Crippen LogP contribution in [-0.4, -0.2) is 13.0 Å². The Morgan fingerprint density at radius 3 is 2.48 bits per heavy atom. The quantitative estimate of drug-likeness (QED) is 0.892. The number of amides is 1. The molecule has 2 aromatic rings. The Balaban J connectivity index is 2.28. The van der Waals surface area contributed by atoms with Crippen molar-refractivity contribution in [3.63, 3.8) is 0 Å². The molecule has 0 aliphatic rings. The van der Waals surface area contributed by atoms with Crippen molar-refractivity contribution in [2.24, 2.45) is 5.73 Å². The van der Waals surface area contributed by atoms with Crippen molar-refractivity contribution in [1.29, 1.82) is 0 Å². The average molecular weight is 309 g/mol. The summed E-state index contributed by atoms with van der Waals surface area (Å²) < 4.78 is 18.5. The minimum Gasteiger partial charge on any atom is -0.497 e. The van der Waals surface area contributed by atoms with Crippen LogP contribution in [0, 0.1) is 5.82 Å². The Bertz CT molecular complexity index is 626. The van der Waals surface area contributed by atoms with E-state index in [1.807, 2.05) is 0 Å². The van der Waals surface area contributed by atoms with Crippen molar-refractivity contribution in [3.8, 4) is 5.75 Å². The Kier molecular flexibility index (Phi) is 4.65. The number of primary amides is 1. The van der Waals surface area contributed by atoms with Gasteiger partial charge >= 0.3 is 0 Å². The maximum Gasteiger partial charge on any atom is 0.244 e. The molecule has 3 N–H and O–H groups in total. The summed E-state index contributed by atoms with van der Waals surface area (Å²) in [6, 6.07) is 9.93. The lowest BCUT2D eigenvalue weighted by Gasteiger charge is -2.17. The number of rotatable bonds is 5. The number of nitrogens with two attached hydrogens (primary N) is 1. The highest BCUT2D eigenvalue weighted by Crippen LogP contribution is 2.24. The largest absolute Gasteiger partial charge is 0.497 e. The van der Waals surface area contributed by atoms with Crippen LogP contribution in [0.4, 0.5) is 10.1 Å². The summed E-state index contributed by atoms with van der Waals surface area (Å²) in [4.78, 5) is 11.6. The molecule has 0 aliphatic heterocycles. The summed E-state index contributed by atoms with van der Waals surface area (Å²) in [5, 5.41) is 3.15. The summed E-state index contributed by atoms with van der Waals surface area (Å²) in [5.41, 5.74) is 6.40. The summed E-state index contributed by atoms with van der Waals surface area (Å²) in [6.07, 6.45) is 0. The van der Waals surface area contributed by atoms with Gasteiger partial charge in [0.05, 0.1) is 7.11 Å². The second kappa shape index (κ2) is 6.45. The van der Waals surface area contributed by atoms with Crippen molar-refractivity contribution < 1.29 is 13.9 Å². The Labute approximate surface area is 126 Å². The predicted octanol–water partition coefficient (Wildman–Crippen LogP) is 3.13. The standard InChI is InChI=1S/C15H14ClFN2O2/c1-21-13-4-2-12(3-5-13)19-14(15(18)20)9-6-10(16)8-11(17)7-9/h2-8,14,19H,1H3,(H2,18,20). The molecule has 0 bridgehead atoms. The third kappa shape index (κ3) is 3.86. The maximum absolute atomic E-state index is 13.4. The van der Waals surface area contributed by atoms with Crippen molar-refractivity contribution in [2.45, 2.75) is 6.04 Å². The summed E-state index contributed by atoms with van der Waals surface area (Å²) in [6.45, 7) is 0. The molecule has 21 heavy (non-hydrogen) atoms. The molecule has 0 aliphatic carbocycles. The van der Waals surface area contributed by atoms with Gasteiger partial charge in [0.15, 0.2) is 0 Å². The van der Waals surface area contributed by atoms with E-state index in [9.17, 15) is 9.18 Å². The van der Waals surface area contributed by atoms with Crippen LogP contribution in [0.15, 0.2) is 42.5 Å². The molecule has 110 valence electrons. The smallest absolute Gasteiger partial charge is 0.244 e. The first-order valence-electron chi connectivity index (χ1n) is 6.15. The molecular formula is C15H14ClFN2O2. The van der Waals surface area contributed by atoms with Gasteiger partial charge in [-0.3, -0.25) is 4.79 Å². The lowest BCUT2D eigenvalue weighted by molar-refractivity contribution is -0.118. The van der Waals surface area contributed by atoms with E-state index < -0.39 is 17.8 Å². The van der Waals surface area contributed by atoms with Gasteiger partial charge in [-0.15, -0.1) is 0 Å². The molecule has 0 saturated carbocycles. The van der Waals surface area contributed by atoms with Crippen molar-refractivity contribution in [1.82, 2.24) is 0 Å². The van der Waals surface area contributed by atoms with Gasteiger partial charge in [-0.1, -0.05) is 11.6 Å². The van der Waals surface area contributed by atoms with E-state index in [2.05, 4.69) is 5.32 Å². The number of hydrogen-bond acceptors (Lipinski definition) is 3. The van der Waals surface area contributed by atoms with Gasteiger partial charge in [-0.25, -0.2) is 4.39 Å². The molecule has 6 heteroatoms. The van der Waals surface area contributed by atoms with Crippen molar-refractivity contribution in [3.05, 3.63) is 58.9 Å². The molecule has 0 radical (unpaired) electrons. The van der Waals surface area contributed by atoms with Crippen LogP contribution in [0.2, 0.25) is 5.02 Å². The third-order valence-electron chi connectivity index (χ3n) is 2.90. The average Bonchev–Trinajstić information content (AvgIpc) is 2.44. The molecule has 1 unspecified atom stereocenters. The lowest BCUT2D eigenvalue weighted by Crippen LogP contribution is -2.27. The lowest BCUT2D eigenvalue weighted by atomic mass is 10.1. The van der Waals surface area contributed by atoms with Crippen LogP contribution < -0.4 is 15.8 Å². The number of ether oxygens (including phenoxy) is 1. The number of carbonyl (C=O) groups excluding carboxylic acids is 1. The SMILES string of the molecule is COc1ccc(NC(C(N)=O)c2cc(F)cc(Cl)c2)cc1. The molecule has 2 aromatic carbocycles. The molecule has 0 heterocycles. The number of carbonyl (C=O) groups is 1. The van der Waals surface area contributed by atoms with Crippen LogP contribution >= 0.6 is 11.6 Å². The fourth-order valence-electron chi connectivity index (χ4n) is 1.91. The number of methoxy groups -OCH3 is 1. The van der Waals surface area contributed by atoms with Gasteiger partial charge in [-0.2, -0.15) is 0 Å². The number of benzene rings is 2. The minimum atomic E-state index is -0.883. The summed E-state index contributed by atoms with van der Waals surface area (Å²) >= 11 is 5.81. The molecule has 4 nitrogen and oxygen atoms in total. The van der Waals surface area contributed by atoms with Crippen LogP contribution in [0.3, 0.4) is 0 Å². The van der Waals surface area contributed by atoms with E-state index in [1.54, 1.807) is 31.4 Å². The van der Waals surface area contributed by atoms with Crippen molar-refractivity contribution >= 4 is 23.2 Å². The number of halogens is 2. The number of hydrogen-bond donors (Lipinski definition) is 2. The van der Waals surface area contributed by atoms with Crippen LogP contribution in [0.1, 0.15) is 11.6 Å². The highest BCUT2D eigenvalue weighted by molar-refractivity contribution is 6.30. The fourth-order valence-corrected chi connectivity index (χ4v) is 2.14. The molecule has 1 atom stereocenters.